The van der Waals surface area contributed by atoms with E-state index in [2.05, 4.69) is 17.1 Å². The first-order valence-corrected chi connectivity index (χ1v) is 8.07. The Morgan fingerprint density at radius 1 is 1.10 bits per heavy atom. The second-order valence-electron chi connectivity index (χ2n) is 4.82. The van der Waals surface area contributed by atoms with Crippen molar-refractivity contribution >= 4 is 34.1 Å². The maximum absolute atomic E-state index is 6.36. The van der Waals surface area contributed by atoms with Crippen molar-refractivity contribution < 1.29 is 0 Å². The van der Waals surface area contributed by atoms with E-state index < -0.39 is 0 Å². The Hall–Kier alpha value is -1.55. The molecule has 3 aromatic rings. The summed E-state index contributed by atoms with van der Waals surface area (Å²) >= 11 is 7.63. The van der Waals surface area contributed by atoms with Crippen LogP contribution < -0.4 is 5.73 Å². The summed E-state index contributed by atoms with van der Waals surface area (Å²) in [6, 6.07) is 16.0. The van der Waals surface area contributed by atoms with Crippen molar-refractivity contribution in [3.05, 3.63) is 71.5 Å². The first kappa shape index (κ1) is 14.4. The number of aromatic nitrogens is 1. The molecule has 2 nitrogen and oxygen atoms in total. The lowest BCUT2D eigenvalue weighted by Crippen LogP contribution is -2.13. The molecule has 3 rings (SSSR count). The van der Waals surface area contributed by atoms with Gasteiger partial charge in [0.1, 0.15) is 0 Å². The predicted octanol–water partition coefficient (Wildman–Crippen LogP) is 4.68. The minimum atomic E-state index is -0.0291. The fraction of sp³-hybridized carbons (Fsp3) is 0.118. The SMILES string of the molecule is NC(CSc1ccc(Cl)cc1)c1cccc2ccncc12. The van der Waals surface area contributed by atoms with Crippen LogP contribution in [0.25, 0.3) is 10.8 Å². The first-order valence-electron chi connectivity index (χ1n) is 6.70. The summed E-state index contributed by atoms with van der Waals surface area (Å²) in [6.07, 6.45) is 3.69. The quantitative estimate of drug-likeness (QED) is 0.711. The molecule has 2 aromatic carbocycles. The van der Waals surface area contributed by atoms with E-state index in [1.807, 2.05) is 42.6 Å². The molecule has 2 N–H and O–H groups in total. The molecule has 1 atom stereocenters. The molecular weight excluding hydrogens is 300 g/mol. The molecule has 0 saturated heterocycles. The lowest BCUT2D eigenvalue weighted by Gasteiger charge is -2.14. The van der Waals surface area contributed by atoms with Gasteiger partial charge in [0.05, 0.1) is 0 Å². The lowest BCUT2D eigenvalue weighted by molar-refractivity contribution is 0.839. The monoisotopic (exact) mass is 314 g/mol. The van der Waals surface area contributed by atoms with Gasteiger partial charge in [0.25, 0.3) is 0 Å². The molecule has 0 spiro atoms. The predicted molar refractivity (Wildman–Crippen MR) is 90.8 cm³/mol. The van der Waals surface area contributed by atoms with E-state index in [-0.39, 0.29) is 6.04 Å². The average molecular weight is 315 g/mol. The van der Waals surface area contributed by atoms with Gasteiger partial charge in [0, 0.05) is 39.5 Å². The van der Waals surface area contributed by atoms with Gasteiger partial charge in [-0.15, -0.1) is 11.8 Å². The Morgan fingerprint density at radius 2 is 1.90 bits per heavy atom. The van der Waals surface area contributed by atoms with Crippen LogP contribution in [0, 0.1) is 0 Å². The van der Waals surface area contributed by atoms with Gasteiger partial charge in [-0.3, -0.25) is 4.98 Å². The van der Waals surface area contributed by atoms with Crippen molar-refractivity contribution in [1.29, 1.82) is 0 Å². The fourth-order valence-corrected chi connectivity index (χ4v) is 3.27. The Bertz CT molecular complexity index is 738. The van der Waals surface area contributed by atoms with Crippen LogP contribution in [0.1, 0.15) is 11.6 Å². The summed E-state index contributed by atoms with van der Waals surface area (Å²) in [5.41, 5.74) is 7.50. The van der Waals surface area contributed by atoms with Crippen LogP contribution in [-0.2, 0) is 0 Å². The summed E-state index contributed by atoms with van der Waals surface area (Å²) in [5, 5.41) is 3.06. The molecule has 1 heterocycles. The Kier molecular flexibility index (Phi) is 4.44. The number of thioether (sulfide) groups is 1. The van der Waals surface area contributed by atoms with E-state index in [0.717, 1.165) is 21.7 Å². The number of rotatable bonds is 4. The maximum Gasteiger partial charge on any atom is 0.0406 e. The van der Waals surface area contributed by atoms with Crippen LogP contribution in [-0.4, -0.2) is 10.7 Å². The number of nitrogens with zero attached hydrogens (tertiary/aromatic N) is 1. The third-order valence-corrected chi connectivity index (χ3v) is 4.74. The number of hydrogen-bond donors (Lipinski definition) is 1. The Labute approximate surface area is 133 Å². The van der Waals surface area contributed by atoms with Crippen LogP contribution >= 0.6 is 23.4 Å². The number of hydrogen-bond acceptors (Lipinski definition) is 3. The standard InChI is InChI=1S/C17H15ClN2S/c18-13-4-6-14(7-5-13)21-11-17(19)15-3-1-2-12-8-9-20-10-16(12)15/h1-10,17H,11,19H2. The highest BCUT2D eigenvalue weighted by Gasteiger charge is 2.10. The summed E-state index contributed by atoms with van der Waals surface area (Å²) in [4.78, 5) is 5.38. The number of pyridine rings is 1. The van der Waals surface area contributed by atoms with E-state index in [1.54, 1.807) is 18.0 Å². The second kappa shape index (κ2) is 6.48. The second-order valence-corrected chi connectivity index (χ2v) is 6.35. The lowest BCUT2D eigenvalue weighted by atomic mass is 10.0. The third-order valence-electron chi connectivity index (χ3n) is 3.36. The molecule has 0 amide bonds. The molecule has 0 saturated carbocycles. The van der Waals surface area contributed by atoms with E-state index in [4.69, 9.17) is 17.3 Å². The highest BCUT2D eigenvalue weighted by Crippen LogP contribution is 2.28. The van der Waals surface area contributed by atoms with E-state index in [9.17, 15) is 0 Å². The van der Waals surface area contributed by atoms with E-state index >= 15 is 0 Å². The third kappa shape index (κ3) is 3.38. The van der Waals surface area contributed by atoms with Gasteiger partial charge in [0.2, 0.25) is 0 Å². The molecule has 0 aliphatic heterocycles. The zero-order valence-electron chi connectivity index (χ0n) is 11.4. The summed E-state index contributed by atoms with van der Waals surface area (Å²) in [5.74, 6) is 0.815. The molecule has 1 aromatic heterocycles. The molecule has 0 fully saturated rings. The first-order chi connectivity index (χ1) is 10.2. The molecule has 21 heavy (non-hydrogen) atoms. The van der Waals surface area contributed by atoms with Crippen LogP contribution in [0.5, 0.6) is 0 Å². The van der Waals surface area contributed by atoms with Gasteiger partial charge in [-0.05, 0) is 41.3 Å². The van der Waals surface area contributed by atoms with Crippen molar-refractivity contribution in [1.82, 2.24) is 4.98 Å². The smallest absolute Gasteiger partial charge is 0.0406 e. The minimum Gasteiger partial charge on any atom is -0.323 e. The molecule has 0 aliphatic carbocycles. The van der Waals surface area contributed by atoms with Crippen molar-refractivity contribution in [2.45, 2.75) is 10.9 Å². The molecule has 4 heteroatoms. The van der Waals surface area contributed by atoms with Gasteiger partial charge in [-0.1, -0.05) is 29.8 Å². The van der Waals surface area contributed by atoms with Crippen molar-refractivity contribution in [3.8, 4) is 0 Å². The average Bonchev–Trinajstić information content (AvgIpc) is 2.53. The van der Waals surface area contributed by atoms with Crippen LogP contribution in [0.2, 0.25) is 5.02 Å². The normalized spacial score (nSPS) is 12.5. The number of nitrogens with two attached hydrogens (primary N) is 1. The van der Waals surface area contributed by atoms with Gasteiger partial charge in [0.15, 0.2) is 0 Å². The van der Waals surface area contributed by atoms with Crippen LogP contribution in [0.15, 0.2) is 65.8 Å². The number of fused-ring (bicyclic) bond motifs is 1. The van der Waals surface area contributed by atoms with Crippen LogP contribution in [0.3, 0.4) is 0 Å². The van der Waals surface area contributed by atoms with Crippen molar-refractivity contribution in [2.24, 2.45) is 5.73 Å². The van der Waals surface area contributed by atoms with Crippen LogP contribution in [0.4, 0.5) is 0 Å². The summed E-state index contributed by atoms with van der Waals surface area (Å²) < 4.78 is 0. The van der Waals surface area contributed by atoms with Gasteiger partial charge < -0.3 is 5.73 Å². The van der Waals surface area contributed by atoms with Gasteiger partial charge in [-0.2, -0.15) is 0 Å². The molecule has 0 aliphatic rings. The minimum absolute atomic E-state index is 0.0291. The molecular formula is C17H15ClN2S. The molecule has 0 radical (unpaired) electrons. The van der Waals surface area contributed by atoms with E-state index in [0.29, 0.717) is 0 Å². The van der Waals surface area contributed by atoms with E-state index in [1.165, 1.54) is 10.3 Å². The Morgan fingerprint density at radius 3 is 2.71 bits per heavy atom. The highest BCUT2D eigenvalue weighted by atomic mass is 35.5. The molecule has 0 bridgehead atoms. The fourth-order valence-electron chi connectivity index (χ4n) is 2.27. The molecule has 1 unspecified atom stereocenters. The molecule has 106 valence electrons. The number of halogens is 1. The van der Waals surface area contributed by atoms with Crippen molar-refractivity contribution in [2.75, 3.05) is 5.75 Å². The van der Waals surface area contributed by atoms with Crippen molar-refractivity contribution in [3.63, 3.8) is 0 Å². The zero-order chi connectivity index (χ0) is 14.7. The largest absolute Gasteiger partial charge is 0.323 e. The Balaban J connectivity index is 1.78. The maximum atomic E-state index is 6.36. The summed E-state index contributed by atoms with van der Waals surface area (Å²) in [7, 11) is 0. The van der Waals surface area contributed by atoms with Gasteiger partial charge in [-0.25, -0.2) is 0 Å². The highest BCUT2D eigenvalue weighted by molar-refractivity contribution is 7.99. The number of benzene rings is 2. The topological polar surface area (TPSA) is 38.9 Å². The zero-order valence-corrected chi connectivity index (χ0v) is 12.9. The summed E-state index contributed by atoms with van der Waals surface area (Å²) in [6.45, 7) is 0. The van der Waals surface area contributed by atoms with Gasteiger partial charge >= 0.3 is 0 Å².